The summed E-state index contributed by atoms with van der Waals surface area (Å²) in [6.07, 6.45) is 0.332. The lowest BCUT2D eigenvalue weighted by atomic mass is 10.1. The monoisotopic (exact) mass is 345 g/mol. The van der Waals surface area contributed by atoms with Crippen LogP contribution >= 0.6 is 11.3 Å². The van der Waals surface area contributed by atoms with Crippen LogP contribution in [-0.4, -0.2) is 48.6 Å². The number of thiazole rings is 1. The molecule has 1 amide bonds. The van der Waals surface area contributed by atoms with Gasteiger partial charge in [-0.05, 0) is 12.5 Å². The first-order chi connectivity index (χ1) is 11.6. The fraction of sp³-hybridized carbons (Fsp3) is 0.444. The van der Waals surface area contributed by atoms with Crippen LogP contribution in [0.2, 0.25) is 0 Å². The Bertz CT molecular complexity index is 674. The molecule has 2 heterocycles. The van der Waals surface area contributed by atoms with Gasteiger partial charge in [0.15, 0.2) is 5.13 Å². The number of nitrogens with zero attached hydrogens (tertiary/aromatic N) is 3. The number of hydrogen-bond acceptors (Lipinski definition) is 5. The van der Waals surface area contributed by atoms with E-state index in [2.05, 4.69) is 34.1 Å². The Morgan fingerprint density at radius 3 is 2.92 bits per heavy atom. The number of aromatic nitrogens is 1. The highest BCUT2D eigenvalue weighted by molar-refractivity contribution is 7.14. The zero-order valence-corrected chi connectivity index (χ0v) is 15.0. The lowest BCUT2D eigenvalue weighted by Crippen LogP contribution is -2.44. The van der Waals surface area contributed by atoms with E-state index in [1.54, 1.807) is 11.9 Å². The highest BCUT2D eigenvalue weighted by Gasteiger charge is 2.25. The van der Waals surface area contributed by atoms with Crippen molar-refractivity contribution in [2.45, 2.75) is 26.0 Å². The number of carbonyl (C=O) groups is 1. The maximum Gasteiger partial charge on any atom is 0.231 e. The van der Waals surface area contributed by atoms with Gasteiger partial charge in [-0.1, -0.05) is 30.3 Å². The summed E-state index contributed by atoms with van der Waals surface area (Å²) < 4.78 is 5.80. The second-order valence-corrected chi connectivity index (χ2v) is 6.98. The van der Waals surface area contributed by atoms with Crippen molar-refractivity contribution in [2.24, 2.45) is 0 Å². The minimum absolute atomic E-state index is 0.0518. The maximum absolute atomic E-state index is 12.5. The van der Waals surface area contributed by atoms with Crippen molar-refractivity contribution in [2.75, 3.05) is 31.6 Å². The summed E-state index contributed by atoms with van der Waals surface area (Å²) in [4.78, 5) is 20.8. The second-order valence-electron chi connectivity index (χ2n) is 6.14. The van der Waals surface area contributed by atoms with Gasteiger partial charge in [-0.25, -0.2) is 4.98 Å². The van der Waals surface area contributed by atoms with Crippen LogP contribution in [0.5, 0.6) is 0 Å². The molecule has 1 atom stereocenters. The molecule has 3 rings (SSSR count). The van der Waals surface area contributed by atoms with Gasteiger partial charge in [0, 0.05) is 32.1 Å². The summed E-state index contributed by atoms with van der Waals surface area (Å²) in [5.74, 6) is 0.0518. The maximum atomic E-state index is 12.5. The van der Waals surface area contributed by atoms with E-state index >= 15 is 0 Å². The normalized spacial score (nSPS) is 18.5. The zero-order chi connectivity index (χ0) is 16.9. The molecule has 0 bridgehead atoms. The van der Waals surface area contributed by atoms with Gasteiger partial charge in [0.1, 0.15) is 0 Å². The molecule has 2 aromatic rings. The number of amides is 1. The van der Waals surface area contributed by atoms with Crippen molar-refractivity contribution < 1.29 is 9.53 Å². The van der Waals surface area contributed by atoms with Crippen molar-refractivity contribution in [1.29, 1.82) is 0 Å². The third-order valence-corrected chi connectivity index (χ3v) is 5.18. The smallest absolute Gasteiger partial charge is 0.231 e. The van der Waals surface area contributed by atoms with Crippen molar-refractivity contribution in [3.8, 4) is 0 Å². The quantitative estimate of drug-likeness (QED) is 0.836. The van der Waals surface area contributed by atoms with Gasteiger partial charge in [-0.15, -0.1) is 11.3 Å². The predicted molar refractivity (Wildman–Crippen MR) is 96.3 cm³/mol. The van der Waals surface area contributed by atoms with E-state index in [1.807, 2.05) is 18.4 Å². The molecule has 0 unspecified atom stereocenters. The summed E-state index contributed by atoms with van der Waals surface area (Å²) in [5, 5.41) is 2.70. The fourth-order valence-corrected chi connectivity index (χ4v) is 3.61. The second kappa shape index (κ2) is 7.88. The van der Waals surface area contributed by atoms with Crippen LogP contribution in [0.25, 0.3) is 0 Å². The van der Waals surface area contributed by atoms with Gasteiger partial charge in [-0.2, -0.15) is 0 Å². The van der Waals surface area contributed by atoms with Crippen molar-refractivity contribution in [1.82, 2.24) is 9.88 Å². The van der Waals surface area contributed by atoms with Crippen LogP contribution in [-0.2, 0) is 16.1 Å². The standard InChI is InChI=1S/C18H23N3O2S/c1-14-13-24-18(19-14)20(2)17(22)10-16-12-21(8-9-23-16)11-15-6-4-3-5-7-15/h3-7,13,16H,8-12H2,1-2H3/t16-/m1/s1. The lowest BCUT2D eigenvalue weighted by molar-refractivity contribution is -0.123. The number of aryl methyl sites for hydroxylation is 1. The van der Waals surface area contributed by atoms with Gasteiger partial charge in [-0.3, -0.25) is 14.6 Å². The molecule has 1 aromatic carbocycles. The van der Waals surface area contributed by atoms with Gasteiger partial charge in [0.2, 0.25) is 5.91 Å². The highest BCUT2D eigenvalue weighted by Crippen LogP contribution is 2.21. The number of hydrogen-bond donors (Lipinski definition) is 0. The van der Waals surface area contributed by atoms with E-state index in [0.29, 0.717) is 13.0 Å². The largest absolute Gasteiger partial charge is 0.375 e. The van der Waals surface area contributed by atoms with Gasteiger partial charge < -0.3 is 4.74 Å². The molecular formula is C18H23N3O2S. The SMILES string of the molecule is Cc1csc(N(C)C(=O)C[C@@H]2CN(Cc3ccccc3)CCO2)n1. The van der Waals surface area contributed by atoms with E-state index in [0.717, 1.165) is 30.5 Å². The van der Waals surface area contributed by atoms with Crippen LogP contribution in [0.3, 0.4) is 0 Å². The fourth-order valence-electron chi connectivity index (χ4n) is 2.82. The first-order valence-electron chi connectivity index (χ1n) is 8.18. The van der Waals surface area contributed by atoms with E-state index in [9.17, 15) is 4.79 Å². The predicted octanol–water partition coefficient (Wildman–Crippen LogP) is 2.71. The Kier molecular flexibility index (Phi) is 5.60. The molecule has 5 nitrogen and oxygen atoms in total. The number of carbonyl (C=O) groups excluding carboxylic acids is 1. The number of anilines is 1. The van der Waals surface area contributed by atoms with E-state index in [-0.39, 0.29) is 12.0 Å². The first-order valence-corrected chi connectivity index (χ1v) is 9.06. The summed E-state index contributed by atoms with van der Waals surface area (Å²) >= 11 is 1.49. The molecule has 0 N–H and O–H groups in total. The summed E-state index contributed by atoms with van der Waals surface area (Å²) in [7, 11) is 1.78. The Hall–Kier alpha value is -1.76. The molecule has 128 valence electrons. The van der Waals surface area contributed by atoms with Gasteiger partial charge in [0.25, 0.3) is 0 Å². The molecule has 0 spiro atoms. The van der Waals surface area contributed by atoms with Crippen LogP contribution in [0.1, 0.15) is 17.7 Å². The Morgan fingerprint density at radius 2 is 2.21 bits per heavy atom. The number of benzene rings is 1. The molecule has 1 saturated heterocycles. The third kappa shape index (κ3) is 4.41. The van der Waals surface area contributed by atoms with Crippen molar-refractivity contribution >= 4 is 22.4 Å². The third-order valence-electron chi connectivity index (χ3n) is 4.14. The van der Waals surface area contributed by atoms with Gasteiger partial charge >= 0.3 is 0 Å². The average Bonchev–Trinajstić information content (AvgIpc) is 3.02. The van der Waals surface area contributed by atoms with E-state index in [1.165, 1.54) is 16.9 Å². The van der Waals surface area contributed by atoms with Crippen molar-refractivity contribution in [3.63, 3.8) is 0 Å². The summed E-state index contributed by atoms with van der Waals surface area (Å²) in [6.45, 7) is 5.19. The molecular weight excluding hydrogens is 322 g/mol. The van der Waals surface area contributed by atoms with Crippen LogP contribution in [0, 0.1) is 6.92 Å². The molecule has 0 aliphatic carbocycles. The molecule has 1 aliphatic rings. The van der Waals surface area contributed by atoms with E-state index in [4.69, 9.17) is 4.74 Å². The zero-order valence-electron chi connectivity index (χ0n) is 14.1. The van der Waals surface area contributed by atoms with Crippen LogP contribution < -0.4 is 4.90 Å². The highest BCUT2D eigenvalue weighted by atomic mass is 32.1. The number of morpholine rings is 1. The Labute approximate surface area is 146 Å². The molecule has 6 heteroatoms. The molecule has 1 aliphatic heterocycles. The minimum atomic E-state index is -0.0570. The lowest BCUT2D eigenvalue weighted by Gasteiger charge is -2.33. The first kappa shape index (κ1) is 17.1. The number of ether oxygens (including phenoxy) is 1. The van der Waals surface area contributed by atoms with E-state index < -0.39 is 0 Å². The van der Waals surface area contributed by atoms with Crippen molar-refractivity contribution in [3.05, 3.63) is 47.0 Å². The average molecular weight is 345 g/mol. The molecule has 1 fully saturated rings. The van der Waals surface area contributed by atoms with Crippen LogP contribution in [0.15, 0.2) is 35.7 Å². The topological polar surface area (TPSA) is 45.7 Å². The summed E-state index contributed by atoms with van der Waals surface area (Å²) in [6, 6.07) is 10.4. The molecule has 1 aromatic heterocycles. The molecule has 0 radical (unpaired) electrons. The summed E-state index contributed by atoms with van der Waals surface area (Å²) in [5.41, 5.74) is 2.23. The Balaban J connectivity index is 1.54. The van der Waals surface area contributed by atoms with Crippen LogP contribution in [0.4, 0.5) is 5.13 Å². The van der Waals surface area contributed by atoms with Gasteiger partial charge in [0.05, 0.1) is 24.8 Å². The minimum Gasteiger partial charge on any atom is -0.375 e. The number of rotatable bonds is 5. The molecule has 24 heavy (non-hydrogen) atoms. The Morgan fingerprint density at radius 1 is 1.42 bits per heavy atom. The molecule has 0 saturated carbocycles.